The van der Waals surface area contributed by atoms with E-state index in [0.717, 1.165) is 17.8 Å². The molecule has 22 heavy (non-hydrogen) atoms. The first-order valence-corrected chi connectivity index (χ1v) is 7.32. The van der Waals surface area contributed by atoms with Gasteiger partial charge in [-0.15, -0.1) is 0 Å². The Hall–Kier alpha value is -2.82. The first-order chi connectivity index (χ1) is 10.8. The van der Waals surface area contributed by atoms with Crippen molar-refractivity contribution < 1.29 is 4.79 Å². The normalized spacial score (nSPS) is 19.5. The van der Waals surface area contributed by atoms with Crippen molar-refractivity contribution >= 4 is 17.7 Å². The number of nitrogens with zero attached hydrogens (tertiary/aromatic N) is 3. The highest BCUT2D eigenvalue weighted by atomic mass is 16.2. The lowest BCUT2D eigenvalue weighted by atomic mass is 9.95. The molecule has 5 heteroatoms. The topological polar surface area (TPSA) is 61.9 Å². The summed E-state index contributed by atoms with van der Waals surface area (Å²) < 4.78 is 0. The highest BCUT2D eigenvalue weighted by Crippen LogP contribution is 2.40. The van der Waals surface area contributed by atoms with Crippen LogP contribution >= 0.6 is 0 Å². The van der Waals surface area contributed by atoms with Gasteiger partial charge in [-0.05, 0) is 11.6 Å². The number of amides is 2. The van der Waals surface area contributed by atoms with Crippen LogP contribution in [0.1, 0.15) is 17.2 Å². The van der Waals surface area contributed by atoms with E-state index in [1.165, 1.54) is 5.56 Å². The second-order valence-corrected chi connectivity index (χ2v) is 5.47. The Labute approximate surface area is 128 Å². The Morgan fingerprint density at radius 1 is 1.05 bits per heavy atom. The predicted molar refractivity (Wildman–Crippen MR) is 84.8 cm³/mol. The molecule has 0 aromatic heterocycles. The molecule has 1 fully saturated rings. The largest absolute Gasteiger partial charge is 0.351 e. The number of primary amides is 1. The number of hydrogen-bond donors (Lipinski definition) is 1. The van der Waals surface area contributed by atoms with E-state index in [2.05, 4.69) is 28.1 Å². The van der Waals surface area contributed by atoms with Crippen LogP contribution in [-0.2, 0) is 0 Å². The number of aliphatic imine (C=N–C) groups is 1. The number of rotatable bonds is 1. The van der Waals surface area contributed by atoms with E-state index < -0.39 is 6.03 Å². The van der Waals surface area contributed by atoms with E-state index in [-0.39, 0.29) is 6.04 Å². The van der Waals surface area contributed by atoms with Crippen LogP contribution in [0.4, 0.5) is 10.5 Å². The molecule has 1 unspecified atom stereocenters. The van der Waals surface area contributed by atoms with Crippen molar-refractivity contribution in [3.63, 3.8) is 0 Å². The smallest absolute Gasteiger partial charge is 0.321 e. The molecule has 0 bridgehead atoms. The monoisotopic (exact) mass is 292 g/mol. The third-order valence-corrected chi connectivity index (χ3v) is 4.21. The molecule has 2 aliphatic heterocycles. The number of urea groups is 1. The number of carbonyl (C=O) groups excluding carboxylic acids is 1. The van der Waals surface area contributed by atoms with Crippen molar-refractivity contribution in [3.05, 3.63) is 65.7 Å². The molecule has 0 saturated carbocycles. The molecule has 2 amide bonds. The van der Waals surface area contributed by atoms with E-state index in [1.54, 1.807) is 4.90 Å². The van der Waals surface area contributed by atoms with Crippen LogP contribution in [0.5, 0.6) is 0 Å². The highest BCUT2D eigenvalue weighted by Gasteiger charge is 2.39. The summed E-state index contributed by atoms with van der Waals surface area (Å²) in [6.07, 6.45) is 0. The number of fused-ring (bicyclic) bond motifs is 2. The van der Waals surface area contributed by atoms with Crippen LogP contribution in [0, 0.1) is 0 Å². The summed E-state index contributed by atoms with van der Waals surface area (Å²) in [6.45, 7) is 1.31. The maximum atomic E-state index is 11.7. The van der Waals surface area contributed by atoms with Gasteiger partial charge in [0.1, 0.15) is 0 Å². The van der Waals surface area contributed by atoms with Gasteiger partial charge in [-0.25, -0.2) is 9.79 Å². The SMILES string of the molecule is NC(=O)N1CCN2C1=Nc1ccccc1C2c1ccccc1. The molecule has 0 spiro atoms. The zero-order valence-corrected chi connectivity index (χ0v) is 12.0. The Morgan fingerprint density at radius 2 is 1.77 bits per heavy atom. The fraction of sp³-hybridized carbons (Fsp3) is 0.176. The third-order valence-electron chi connectivity index (χ3n) is 4.21. The molecule has 2 heterocycles. The minimum Gasteiger partial charge on any atom is -0.351 e. The molecule has 4 rings (SSSR count). The quantitative estimate of drug-likeness (QED) is 0.877. The number of benzene rings is 2. The van der Waals surface area contributed by atoms with Crippen LogP contribution in [0.15, 0.2) is 59.6 Å². The highest BCUT2D eigenvalue weighted by molar-refractivity contribution is 5.99. The van der Waals surface area contributed by atoms with Gasteiger partial charge in [0.2, 0.25) is 5.96 Å². The number of guanidine groups is 1. The summed E-state index contributed by atoms with van der Waals surface area (Å²) in [4.78, 5) is 20.0. The van der Waals surface area contributed by atoms with Gasteiger partial charge in [-0.2, -0.15) is 0 Å². The van der Waals surface area contributed by atoms with Crippen molar-refractivity contribution in [2.75, 3.05) is 13.1 Å². The molecule has 2 aliphatic rings. The standard InChI is InChI=1S/C17H16N4O/c18-16(22)21-11-10-20-15(12-6-2-1-3-7-12)13-8-4-5-9-14(13)19-17(20)21/h1-9,15H,10-11H2,(H2,18,22). The fourth-order valence-corrected chi connectivity index (χ4v) is 3.23. The van der Waals surface area contributed by atoms with Crippen molar-refractivity contribution in [1.82, 2.24) is 9.80 Å². The second-order valence-electron chi connectivity index (χ2n) is 5.47. The van der Waals surface area contributed by atoms with Crippen molar-refractivity contribution in [2.24, 2.45) is 10.7 Å². The van der Waals surface area contributed by atoms with E-state index in [4.69, 9.17) is 5.73 Å². The van der Waals surface area contributed by atoms with Crippen molar-refractivity contribution in [2.45, 2.75) is 6.04 Å². The van der Waals surface area contributed by atoms with Crippen LogP contribution in [0.25, 0.3) is 0 Å². The van der Waals surface area contributed by atoms with Crippen LogP contribution in [-0.4, -0.2) is 34.9 Å². The number of para-hydroxylation sites is 1. The summed E-state index contributed by atoms with van der Waals surface area (Å²) in [6, 6.07) is 18.0. The summed E-state index contributed by atoms with van der Waals surface area (Å²) in [5.41, 5.74) is 8.73. The number of carbonyl (C=O) groups is 1. The lowest BCUT2D eigenvalue weighted by molar-refractivity contribution is 0.232. The maximum absolute atomic E-state index is 11.7. The van der Waals surface area contributed by atoms with Crippen molar-refractivity contribution in [1.29, 1.82) is 0 Å². The van der Waals surface area contributed by atoms with Crippen molar-refractivity contribution in [3.8, 4) is 0 Å². The zero-order chi connectivity index (χ0) is 15.1. The molecule has 1 saturated heterocycles. The summed E-state index contributed by atoms with van der Waals surface area (Å²) in [7, 11) is 0. The molecule has 2 aromatic carbocycles. The minimum absolute atomic E-state index is 0.0641. The Bertz CT molecular complexity index is 756. The first-order valence-electron chi connectivity index (χ1n) is 7.32. The van der Waals surface area contributed by atoms with Crippen LogP contribution in [0.3, 0.4) is 0 Å². The van der Waals surface area contributed by atoms with E-state index in [9.17, 15) is 4.79 Å². The zero-order valence-electron chi connectivity index (χ0n) is 12.0. The Kier molecular flexibility index (Phi) is 2.85. The van der Waals surface area contributed by atoms with E-state index in [1.807, 2.05) is 36.4 Å². The maximum Gasteiger partial charge on any atom is 0.321 e. The van der Waals surface area contributed by atoms with E-state index >= 15 is 0 Å². The summed E-state index contributed by atoms with van der Waals surface area (Å²) in [5, 5.41) is 0. The lowest BCUT2D eigenvalue weighted by Crippen LogP contribution is -2.43. The molecular formula is C17H16N4O. The molecule has 110 valence electrons. The predicted octanol–water partition coefficient (Wildman–Crippen LogP) is 2.47. The van der Waals surface area contributed by atoms with Gasteiger partial charge >= 0.3 is 6.03 Å². The van der Waals surface area contributed by atoms with E-state index in [0.29, 0.717) is 12.5 Å². The van der Waals surface area contributed by atoms with Crippen LogP contribution < -0.4 is 5.73 Å². The number of nitrogens with two attached hydrogens (primary N) is 1. The molecule has 2 N–H and O–H groups in total. The van der Waals surface area contributed by atoms with Crippen LogP contribution in [0.2, 0.25) is 0 Å². The summed E-state index contributed by atoms with van der Waals surface area (Å²) in [5.74, 6) is 0.653. The molecule has 5 nitrogen and oxygen atoms in total. The molecule has 0 aliphatic carbocycles. The van der Waals surface area contributed by atoms with Gasteiger partial charge in [0.05, 0.1) is 11.7 Å². The average Bonchev–Trinajstić information content (AvgIpc) is 2.97. The van der Waals surface area contributed by atoms with Gasteiger partial charge in [-0.1, -0.05) is 48.5 Å². The molecular weight excluding hydrogens is 276 g/mol. The third kappa shape index (κ3) is 1.86. The fourth-order valence-electron chi connectivity index (χ4n) is 3.23. The number of hydrogen-bond acceptors (Lipinski definition) is 3. The molecule has 1 atom stereocenters. The first kappa shape index (κ1) is 12.9. The van der Waals surface area contributed by atoms with Gasteiger partial charge in [0, 0.05) is 18.7 Å². The average molecular weight is 292 g/mol. The summed E-state index contributed by atoms with van der Waals surface area (Å²) >= 11 is 0. The Morgan fingerprint density at radius 3 is 2.55 bits per heavy atom. The van der Waals surface area contributed by atoms with Gasteiger partial charge in [-0.3, -0.25) is 4.90 Å². The van der Waals surface area contributed by atoms with Gasteiger partial charge in [0.15, 0.2) is 0 Å². The molecule has 0 radical (unpaired) electrons. The lowest BCUT2D eigenvalue weighted by Gasteiger charge is -2.35. The minimum atomic E-state index is -0.451. The van der Waals surface area contributed by atoms with Gasteiger partial charge < -0.3 is 10.6 Å². The van der Waals surface area contributed by atoms with Gasteiger partial charge in [0.25, 0.3) is 0 Å². The second kappa shape index (κ2) is 4.87. The Balaban J connectivity index is 1.89. The molecule has 2 aromatic rings.